The molecule has 0 saturated carbocycles. The van der Waals surface area contributed by atoms with Crippen LogP contribution in [0.3, 0.4) is 0 Å². The van der Waals surface area contributed by atoms with Crippen molar-refractivity contribution >= 4 is 40.0 Å². The number of carboxylic acid groups (broad SMARTS) is 1. The average molecular weight is 477 g/mol. The third kappa shape index (κ3) is 3.97. The maximum Gasteiger partial charge on any atom is 0.407 e. The van der Waals surface area contributed by atoms with Crippen LogP contribution in [0.25, 0.3) is 10.8 Å². The summed E-state index contributed by atoms with van der Waals surface area (Å²) in [7, 11) is 0. The number of benzene rings is 2. The van der Waals surface area contributed by atoms with Crippen molar-refractivity contribution in [2.24, 2.45) is 0 Å². The van der Waals surface area contributed by atoms with Crippen molar-refractivity contribution in [3.63, 3.8) is 0 Å². The SMILES string of the molecule is C[C@@H]1CN(C(=O)O)[C@@H](CC#N)CN1c1nc(Cl)nc2c1CCN(c1cccc3ccccc13)C2. The highest BCUT2D eigenvalue weighted by molar-refractivity contribution is 6.28. The van der Waals surface area contributed by atoms with E-state index in [0.29, 0.717) is 19.6 Å². The van der Waals surface area contributed by atoms with Crippen LogP contribution in [0, 0.1) is 11.3 Å². The van der Waals surface area contributed by atoms with E-state index in [4.69, 9.17) is 11.6 Å². The number of halogens is 1. The summed E-state index contributed by atoms with van der Waals surface area (Å²) >= 11 is 6.39. The van der Waals surface area contributed by atoms with Gasteiger partial charge in [0, 0.05) is 42.3 Å². The molecule has 174 valence electrons. The largest absolute Gasteiger partial charge is 0.465 e. The summed E-state index contributed by atoms with van der Waals surface area (Å²) in [5.41, 5.74) is 3.10. The van der Waals surface area contributed by atoms with E-state index in [1.54, 1.807) is 0 Å². The molecule has 1 aromatic heterocycles. The van der Waals surface area contributed by atoms with E-state index in [1.165, 1.54) is 15.7 Å². The van der Waals surface area contributed by atoms with Crippen LogP contribution in [-0.4, -0.2) is 57.8 Å². The van der Waals surface area contributed by atoms with Gasteiger partial charge in [-0.25, -0.2) is 14.8 Å². The number of carbonyl (C=O) groups is 1. The fourth-order valence-electron chi connectivity index (χ4n) is 5.16. The summed E-state index contributed by atoms with van der Waals surface area (Å²) in [5, 5.41) is 21.4. The Kier molecular flexibility index (Phi) is 5.88. The average Bonchev–Trinajstić information content (AvgIpc) is 2.83. The van der Waals surface area contributed by atoms with Gasteiger partial charge in [0.1, 0.15) is 5.82 Å². The predicted octanol–water partition coefficient (Wildman–Crippen LogP) is 4.32. The monoisotopic (exact) mass is 476 g/mol. The van der Waals surface area contributed by atoms with Gasteiger partial charge in [0.2, 0.25) is 5.28 Å². The van der Waals surface area contributed by atoms with E-state index in [0.717, 1.165) is 35.7 Å². The Morgan fingerprint density at radius 1 is 1.21 bits per heavy atom. The molecule has 1 saturated heterocycles. The number of nitrogens with zero attached hydrogens (tertiary/aromatic N) is 6. The maximum absolute atomic E-state index is 11.7. The van der Waals surface area contributed by atoms with Gasteiger partial charge in [-0.05, 0) is 36.4 Å². The molecule has 8 nitrogen and oxygen atoms in total. The number of fused-ring (bicyclic) bond motifs is 2. The number of amides is 1. The van der Waals surface area contributed by atoms with Crippen molar-refractivity contribution in [3.8, 4) is 6.07 Å². The standard InChI is InChI=1S/C25H25ClN6O2/c1-16-13-32(25(33)34)18(9-11-27)14-31(16)23-20-10-12-30(15-21(20)28-24(26)29-23)22-8-4-6-17-5-2-3-7-19(17)22/h2-8,16,18H,9-10,12-15H2,1H3,(H,33,34)/t16-,18+/m1/s1. The first-order chi connectivity index (χ1) is 16.5. The van der Waals surface area contributed by atoms with Crippen molar-refractivity contribution in [2.75, 3.05) is 29.4 Å². The van der Waals surface area contributed by atoms with Crippen LogP contribution in [0.5, 0.6) is 0 Å². The fourth-order valence-corrected chi connectivity index (χ4v) is 5.34. The van der Waals surface area contributed by atoms with E-state index < -0.39 is 12.1 Å². The van der Waals surface area contributed by atoms with Gasteiger partial charge in [0.25, 0.3) is 0 Å². The first kappa shape index (κ1) is 22.2. The van der Waals surface area contributed by atoms with Crippen molar-refractivity contribution in [3.05, 3.63) is 59.0 Å². The maximum atomic E-state index is 11.7. The molecule has 9 heteroatoms. The molecule has 1 N–H and O–H groups in total. The zero-order chi connectivity index (χ0) is 23.8. The number of nitriles is 1. The van der Waals surface area contributed by atoms with Gasteiger partial charge in [-0.3, -0.25) is 0 Å². The molecular formula is C25H25ClN6O2. The van der Waals surface area contributed by atoms with Gasteiger partial charge in [0.15, 0.2) is 0 Å². The molecule has 34 heavy (non-hydrogen) atoms. The van der Waals surface area contributed by atoms with Gasteiger partial charge >= 0.3 is 6.09 Å². The molecule has 2 aliphatic rings. The molecule has 2 aliphatic heterocycles. The minimum Gasteiger partial charge on any atom is -0.465 e. The number of rotatable bonds is 3. The van der Waals surface area contributed by atoms with Crippen LogP contribution >= 0.6 is 11.6 Å². The Morgan fingerprint density at radius 2 is 2.00 bits per heavy atom. The number of aromatic nitrogens is 2. The first-order valence-corrected chi connectivity index (χ1v) is 11.7. The van der Waals surface area contributed by atoms with Crippen LogP contribution < -0.4 is 9.80 Å². The Morgan fingerprint density at radius 3 is 2.79 bits per heavy atom. The second kappa shape index (κ2) is 8.99. The van der Waals surface area contributed by atoms with Gasteiger partial charge < -0.3 is 19.8 Å². The minimum atomic E-state index is -1.000. The highest BCUT2D eigenvalue weighted by Crippen LogP contribution is 2.35. The number of piperazine rings is 1. The molecule has 0 unspecified atom stereocenters. The number of hydrogen-bond donors (Lipinski definition) is 1. The van der Waals surface area contributed by atoms with E-state index in [1.807, 2.05) is 13.0 Å². The lowest BCUT2D eigenvalue weighted by Crippen LogP contribution is -2.59. The topological polar surface area (TPSA) is 96.6 Å². The van der Waals surface area contributed by atoms with Crippen molar-refractivity contribution in [1.82, 2.24) is 14.9 Å². The molecule has 2 atom stereocenters. The number of anilines is 2. The van der Waals surface area contributed by atoms with Crippen molar-refractivity contribution < 1.29 is 9.90 Å². The summed E-state index contributed by atoms with van der Waals surface area (Å²) in [6.45, 7) is 4.11. The van der Waals surface area contributed by atoms with E-state index >= 15 is 0 Å². The lowest BCUT2D eigenvalue weighted by atomic mass is 10.00. The van der Waals surface area contributed by atoms with E-state index in [2.05, 4.69) is 62.2 Å². The smallest absolute Gasteiger partial charge is 0.407 e. The molecule has 0 aliphatic carbocycles. The Labute approximate surface area is 203 Å². The van der Waals surface area contributed by atoms with Crippen molar-refractivity contribution in [1.29, 1.82) is 5.26 Å². The molecule has 5 rings (SSSR count). The third-order valence-corrected chi connectivity index (χ3v) is 6.98. The van der Waals surface area contributed by atoms with Crippen LogP contribution in [0.15, 0.2) is 42.5 Å². The van der Waals surface area contributed by atoms with Crippen molar-refractivity contribution in [2.45, 2.75) is 38.4 Å². The molecular weight excluding hydrogens is 452 g/mol. The van der Waals surface area contributed by atoms with Crippen LogP contribution in [0.2, 0.25) is 5.28 Å². The molecule has 0 bridgehead atoms. The Bertz CT molecular complexity index is 1290. The Balaban J connectivity index is 1.48. The zero-order valence-electron chi connectivity index (χ0n) is 18.9. The summed E-state index contributed by atoms with van der Waals surface area (Å²) in [4.78, 5) is 26.7. The third-order valence-electron chi connectivity index (χ3n) is 6.81. The minimum absolute atomic E-state index is 0.0998. The normalized spacial score (nSPS) is 20.2. The second-order valence-corrected chi connectivity index (χ2v) is 9.20. The summed E-state index contributed by atoms with van der Waals surface area (Å²) in [6.07, 6.45) is -0.120. The van der Waals surface area contributed by atoms with E-state index in [-0.39, 0.29) is 17.7 Å². The molecule has 3 aromatic rings. The molecule has 3 heterocycles. The lowest BCUT2D eigenvalue weighted by molar-refractivity contribution is 0.110. The highest BCUT2D eigenvalue weighted by atomic mass is 35.5. The summed E-state index contributed by atoms with van der Waals surface area (Å²) < 4.78 is 0. The van der Waals surface area contributed by atoms with Gasteiger partial charge in [-0.2, -0.15) is 5.26 Å². The van der Waals surface area contributed by atoms with Crippen LogP contribution in [0.4, 0.5) is 16.3 Å². The fraction of sp³-hybridized carbons (Fsp3) is 0.360. The van der Waals surface area contributed by atoms with Gasteiger partial charge in [-0.1, -0.05) is 36.4 Å². The molecule has 2 aromatic carbocycles. The zero-order valence-corrected chi connectivity index (χ0v) is 19.6. The van der Waals surface area contributed by atoms with E-state index in [9.17, 15) is 15.2 Å². The molecule has 0 radical (unpaired) electrons. The van der Waals surface area contributed by atoms with Gasteiger partial charge in [0.05, 0.1) is 30.8 Å². The predicted molar refractivity (Wildman–Crippen MR) is 131 cm³/mol. The summed E-state index contributed by atoms with van der Waals surface area (Å²) in [6, 6.07) is 16.3. The van der Waals surface area contributed by atoms with Gasteiger partial charge in [-0.15, -0.1) is 0 Å². The van der Waals surface area contributed by atoms with Crippen LogP contribution in [-0.2, 0) is 13.0 Å². The second-order valence-electron chi connectivity index (χ2n) is 8.86. The quantitative estimate of drug-likeness (QED) is 0.562. The highest BCUT2D eigenvalue weighted by Gasteiger charge is 2.37. The summed E-state index contributed by atoms with van der Waals surface area (Å²) in [5.74, 6) is 0.757. The first-order valence-electron chi connectivity index (χ1n) is 11.4. The number of hydrogen-bond acceptors (Lipinski definition) is 6. The molecule has 0 spiro atoms. The Hall–Kier alpha value is -3.57. The molecule has 1 amide bonds. The van der Waals surface area contributed by atoms with Crippen LogP contribution in [0.1, 0.15) is 24.6 Å². The molecule has 1 fully saturated rings. The lowest BCUT2D eigenvalue weighted by Gasteiger charge is -2.45.